The topological polar surface area (TPSA) is 47.6 Å². The van der Waals surface area contributed by atoms with Crippen molar-refractivity contribution in [1.29, 1.82) is 0 Å². The fourth-order valence-electron chi connectivity index (χ4n) is 2.80. The molecule has 0 aromatic heterocycles. The van der Waals surface area contributed by atoms with Crippen LogP contribution in [0.2, 0.25) is 0 Å². The van der Waals surface area contributed by atoms with E-state index in [-0.39, 0.29) is 11.6 Å². The molecule has 0 aromatic carbocycles. The number of rotatable bonds is 6. The van der Waals surface area contributed by atoms with Crippen LogP contribution in [0.25, 0.3) is 0 Å². The zero-order valence-corrected chi connectivity index (χ0v) is 12.5. The molecular formula is C15H27NO3. The molecule has 1 N–H and O–H groups in total. The Kier molecular flexibility index (Phi) is 4.51. The van der Waals surface area contributed by atoms with Crippen LogP contribution in [0.3, 0.4) is 0 Å². The molecule has 0 spiro atoms. The van der Waals surface area contributed by atoms with Crippen molar-refractivity contribution in [3.05, 3.63) is 0 Å². The minimum absolute atomic E-state index is 0.0985. The fraction of sp³-hybridized carbons (Fsp3) is 0.933. The van der Waals surface area contributed by atoms with E-state index in [2.05, 4.69) is 19.2 Å². The van der Waals surface area contributed by atoms with Crippen molar-refractivity contribution < 1.29 is 14.3 Å². The zero-order chi connectivity index (χ0) is 13.9. The minimum atomic E-state index is -0.540. The van der Waals surface area contributed by atoms with Crippen molar-refractivity contribution in [2.24, 2.45) is 5.92 Å². The molecule has 2 rings (SSSR count). The third-order valence-corrected chi connectivity index (χ3v) is 4.50. The third kappa shape index (κ3) is 3.48. The first-order valence-corrected chi connectivity index (χ1v) is 7.60. The molecule has 2 atom stereocenters. The van der Waals surface area contributed by atoms with Gasteiger partial charge in [0.15, 0.2) is 0 Å². The molecule has 0 aromatic rings. The van der Waals surface area contributed by atoms with Gasteiger partial charge in [-0.3, -0.25) is 4.79 Å². The van der Waals surface area contributed by atoms with Crippen LogP contribution in [0.15, 0.2) is 0 Å². The summed E-state index contributed by atoms with van der Waals surface area (Å²) in [7, 11) is 0. The molecular weight excluding hydrogens is 242 g/mol. The average Bonchev–Trinajstić information content (AvgIpc) is 3.21. The van der Waals surface area contributed by atoms with E-state index in [0.717, 1.165) is 18.9 Å². The van der Waals surface area contributed by atoms with Gasteiger partial charge in [0, 0.05) is 13.0 Å². The Bertz CT molecular complexity index is 329. The smallest absolute Gasteiger partial charge is 0.326 e. The Morgan fingerprint density at radius 1 is 1.42 bits per heavy atom. The van der Waals surface area contributed by atoms with Crippen LogP contribution in [-0.4, -0.2) is 36.9 Å². The number of nitrogens with one attached hydrogen (secondary N) is 1. The van der Waals surface area contributed by atoms with Gasteiger partial charge in [0.25, 0.3) is 0 Å². The highest BCUT2D eigenvalue weighted by Gasteiger charge is 2.48. The summed E-state index contributed by atoms with van der Waals surface area (Å²) in [6.07, 6.45) is 4.91. The maximum absolute atomic E-state index is 12.4. The Morgan fingerprint density at radius 3 is 2.74 bits per heavy atom. The van der Waals surface area contributed by atoms with Crippen molar-refractivity contribution in [2.75, 3.05) is 19.8 Å². The SMILES string of the molecule is CCOC(=O)C1(NCC2CC2)CCOC(C)(CC)C1. The van der Waals surface area contributed by atoms with Crippen LogP contribution in [0.4, 0.5) is 0 Å². The Balaban J connectivity index is 2.09. The second-order valence-corrected chi connectivity index (χ2v) is 6.21. The highest BCUT2D eigenvalue weighted by atomic mass is 16.5. The van der Waals surface area contributed by atoms with Crippen LogP contribution in [-0.2, 0) is 14.3 Å². The summed E-state index contributed by atoms with van der Waals surface area (Å²) in [5.74, 6) is 0.653. The summed E-state index contributed by atoms with van der Waals surface area (Å²) in [5, 5.41) is 3.52. The summed E-state index contributed by atoms with van der Waals surface area (Å²) >= 11 is 0. The molecule has 1 saturated heterocycles. The second-order valence-electron chi connectivity index (χ2n) is 6.21. The van der Waals surface area contributed by atoms with Gasteiger partial charge in [-0.15, -0.1) is 0 Å². The maximum Gasteiger partial charge on any atom is 0.326 e. The molecule has 2 fully saturated rings. The molecule has 1 aliphatic carbocycles. The normalized spacial score (nSPS) is 35.1. The Labute approximate surface area is 116 Å². The van der Waals surface area contributed by atoms with Crippen molar-refractivity contribution >= 4 is 5.97 Å². The number of carbonyl (C=O) groups excluding carboxylic acids is 1. The summed E-state index contributed by atoms with van der Waals surface area (Å²) in [4.78, 5) is 12.4. The Hall–Kier alpha value is -0.610. The third-order valence-electron chi connectivity index (χ3n) is 4.50. The lowest BCUT2D eigenvalue weighted by Crippen LogP contribution is -2.61. The molecule has 2 unspecified atom stereocenters. The van der Waals surface area contributed by atoms with Gasteiger partial charge in [0.2, 0.25) is 0 Å². The first-order chi connectivity index (χ1) is 9.03. The standard InChI is InChI=1S/C15H27NO3/c1-4-14(3)11-15(8-9-19-14,13(17)18-5-2)16-10-12-6-7-12/h12,16H,4-11H2,1-3H3. The Morgan fingerprint density at radius 2 is 2.16 bits per heavy atom. The van der Waals surface area contributed by atoms with Gasteiger partial charge in [-0.1, -0.05) is 6.92 Å². The summed E-state index contributed by atoms with van der Waals surface area (Å²) in [6, 6.07) is 0. The van der Waals surface area contributed by atoms with Crippen LogP contribution in [0.1, 0.15) is 52.9 Å². The van der Waals surface area contributed by atoms with E-state index in [9.17, 15) is 4.79 Å². The summed E-state index contributed by atoms with van der Waals surface area (Å²) < 4.78 is 11.2. The predicted octanol–water partition coefficient (Wildman–Crippen LogP) is 2.27. The first kappa shape index (κ1) is 14.8. The lowest BCUT2D eigenvalue weighted by atomic mass is 9.79. The van der Waals surface area contributed by atoms with E-state index in [1.807, 2.05) is 6.92 Å². The molecule has 19 heavy (non-hydrogen) atoms. The van der Waals surface area contributed by atoms with Gasteiger partial charge in [-0.25, -0.2) is 0 Å². The van der Waals surface area contributed by atoms with E-state index >= 15 is 0 Å². The lowest BCUT2D eigenvalue weighted by molar-refractivity contribution is -0.166. The minimum Gasteiger partial charge on any atom is -0.465 e. The van der Waals surface area contributed by atoms with Gasteiger partial charge in [-0.05, 0) is 52.0 Å². The lowest BCUT2D eigenvalue weighted by Gasteiger charge is -2.45. The van der Waals surface area contributed by atoms with E-state index in [1.54, 1.807) is 0 Å². The maximum atomic E-state index is 12.4. The van der Waals surface area contributed by atoms with Crippen molar-refractivity contribution in [3.63, 3.8) is 0 Å². The summed E-state index contributed by atoms with van der Waals surface area (Å²) in [6.45, 7) is 8.07. The quantitative estimate of drug-likeness (QED) is 0.751. The van der Waals surface area contributed by atoms with Crippen LogP contribution in [0, 0.1) is 5.92 Å². The van der Waals surface area contributed by atoms with E-state index in [1.165, 1.54) is 12.8 Å². The number of carbonyl (C=O) groups is 1. The van der Waals surface area contributed by atoms with Gasteiger partial charge in [-0.2, -0.15) is 0 Å². The van der Waals surface area contributed by atoms with Crippen molar-refractivity contribution in [3.8, 4) is 0 Å². The number of ether oxygens (including phenoxy) is 2. The molecule has 1 aliphatic heterocycles. The molecule has 0 radical (unpaired) electrons. The zero-order valence-electron chi connectivity index (χ0n) is 12.5. The molecule has 2 aliphatic rings. The molecule has 1 saturated carbocycles. The van der Waals surface area contributed by atoms with E-state index in [4.69, 9.17) is 9.47 Å². The van der Waals surface area contributed by atoms with Crippen molar-refractivity contribution in [2.45, 2.75) is 64.0 Å². The molecule has 0 amide bonds. The average molecular weight is 269 g/mol. The molecule has 4 nitrogen and oxygen atoms in total. The van der Waals surface area contributed by atoms with Gasteiger partial charge < -0.3 is 14.8 Å². The molecule has 4 heteroatoms. The van der Waals surface area contributed by atoms with Gasteiger partial charge in [0.1, 0.15) is 5.54 Å². The van der Waals surface area contributed by atoms with E-state index in [0.29, 0.717) is 26.1 Å². The monoisotopic (exact) mass is 269 g/mol. The highest BCUT2D eigenvalue weighted by molar-refractivity contribution is 5.81. The highest BCUT2D eigenvalue weighted by Crippen LogP contribution is 2.37. The second kappa shape index (κ2) is 5.80. The fourth-order valence-corrected chi connectivity index (χ4v) is 2.80. The largest absolute Gasteiger partial charge is 0.465 e. The number of hydrogen-bond acceptors (Lipinski definition) is 4. The molecule has 0 bridgehead atoms. The van der Waals surface area contributed by atoms with Crippen LogP contribution >= 0.6 is 0 Å². The first-order valence-electron chi connectivity index (χ1n) is 7.60. The number of hydrogen-bond donors (Lipinski definition) is 1. The van der Waals surface area contributed by atoms with Crippen LogP contribution < -0.4 is 5.32 Å². The van der Waals surface area contributed by atoms with Crippen molar-refractivity contribution in [1.82, 2.24) is 5.32 Å². The van der Waals surface area contributed by atoms with Gasteiger partial charge >= 0.3 is 5.97 Å². The molecule has 110 valence electrons. The predicted molar refractivity (Wildman–Crippen MR) is 74.0 cm³/mol. The van der Waals surface area contributed by atoms with E-state index < -0.39 is 5.54 Å². The van der Waals surface area contributed by atoms with Gasteiger partial charge in [0.05, 0.1) is 12.2 Å². The van der Waals surface area contributed by atoms with Crippen LogP contribution in [0.5, 0.6) is 0 Å². The number of esters is 1. The molecule has 1 heterocycles. The summed E-state index contributed by atoms with van der Waals surface area (Å²) in [5.41, 5.74) is -0.761.